The Morgan fingerprint density at radius 3 is 2.62 bits per heavy atom. The molecular weight excluding hydrogens is 262 g/mol. The van der Waals surface area contributed by atoms with Crippen LogP contribution in [0.3, 0.4) is 0 Å². The summed E-state index contributed by atoms with van der Waals surface area (Å²) in [6, 6.07) is 18.9. The minimum Gasteiger partial charge on any atom is -0.397 e. The highest BCUT2D eigenvalue weighted by Crippen LogP contribution is 2.18. The molecule has 104 valence electrons. The van der Waals surface area contributed by atoms with Gasteiger partial charge in [-0.25, -0.2) is 4.98 Å². The van der Waals surface area contributed by atoms with E-state index >= 15 is 0 Å². The van der Waals surface area contributed by atoms with Crippen molar-refractivity contribution in [2.75, 3.05) is 5.73 Å². The summed E-state index contributed by atoms with van der Waals surface area (Å²) < 4.78 is 0. The standard InChI is InChI=1S/C17H15N3O/c18-14-8-4-7-13-9-10-15(20-16(13)14)17(21)19-11-12-5-2-1-3-6-12/h1-10H,11,18H2,(H,19,21). The minimum atomic E-state index is -0.205. The number of hydrogen-bond acceptors (Lipinski definition) is 3. The van der Waals surface area contributed by atoms with E-state index in [0.717, 1.165) is 10.9 Å². The number of para-hydroxylation sites is 1. The van der Waals surface area contributed by atoms with Gasteiger partial charge in [-0.05, 0) is 17.7 Å². The Morgan fingerprint density at radius 1 is 1.00 bits per heavy atom. The van der Waals surface area contributed by atoms with Crippen molar-refractivity contribution in [1.29, 1.82) is 0 Å². The molecule has 0 atom stereocenters. The summed E-state index contributed by atoms with van der Waals surface area (Å²) in [5.41, 5.74) is 8.55. The number of aromatic nitrogens is 1. The summed E-state index contributed by atoms with van der Waals surface area (Å²) in [5, 5.41) is 3.78. The van der Waals surface area contributed by atoms with E-state index < -0.39 is 0 Å². The fraction of sp³-hybridized carbons (Fsp3) is 0.0588. The summed E-state index contributed by atoms with van der Waals surface area (Å²) in [7, 11) is 0. The third-order valence-electron chi connectivity index (χ3n) is 3.28. The third-order valence-corrected chi connectivity index (χ3v) is 3.28. The molecule has 4 nitrogen and oxygen atoms in total. The number of rotatable bonds is 3. The van der Waals surface area contributed by atoms with Crippen molar-refractivity contribution in [3.8, 4) is 0 Å². The zero-order chi connectivity index (χ0) is 14.7. The normalized spacial score (nSPS) is 10.5. The van der Waals surface area contributed by atoms with Crippen LogP contribution < -0.4 is 11.1 Å². The van der Waals surface area contributed by atoms with Crippen LogP contribution in [0.2, 0.25) is 0 Å². The number of pyridine rings is 1. The number of hydrogen-bond donors (Lipinski definition) is 2. The Kier molecular flexibility index (Phi) is 3.51. The molecule has 0 bridgehead atoms. The molecule has 4 heteroatoms. The number of nitrogens with zero attached hydrogens (tertiary/aromatic N) is 1. The predicted octanol–water partition coefficient (Wildman–Crippen LogP) is 2.75. The summed E-state index contributed by atoms with van der Waals surface area (Å²) in [4.78, 5) is 16.5. The van der Waals surface area contributed by atoms with Crippen molar-refractivity contribution in [3.63, 3.8) is 0 Å². The summed E-state index contributed by atoms with van der Waals surface area (Å²) in [6.07, 6.45) is 0. The van der Waals surface area contributed by atoms with E-state index in [2.05, 4.69) is 10.3 Å². The molecule has 1 heterocycles. The second kappa shape index (κ2) is 5.63. The fourth-order valence-electron chi connectivity index (χ4n) is 2.17. The number of nitrogen functional groups attached to an aromatic ring is 1. The maximum atomic E-state index is 12.2. The Morgan fingerprint density at radius 2 is 1.81 bits per heavy atom. The molecular formula is C17H15N3O. The highest BCUT2D eigenvalue weighted by atomic mass is 16.1. The third kappa shape index (κ3) is 2.84. The van der Waals surface area contributed by atoms with Crippen LogP contribution in [0.4, 0.5) is 5.69 Å². The van der Waals surface area contributed by atoms with E-state index in [9.17, 15) is 4.79 Å². The van der Waals surface area contributed by atoms with Crippen molar-refractivity contribution >= 4 is 22.5 Å². The molecule has 0 aliphatic heterocycles. The molecule has 21 heavy (non-hydrogen) atoms. The fourth-order valence-corrected chi connectivity index (χ4v) is 2.17. The first-order chi connectivity index (χ1) is 10.2. The Hall–Kier alpha value is -2.88. The van der Waals surface area contributed by atoms with Gasteiger partial charge in [0.1, 0.15) is 5.69 Å². The van der Waals surface area contributed by atoms with Crippen molar-refractivity contribution in [2.24, 2.45) is 0 Å². The van der Waals surface area contributed by atoms with Gasteiger partial charge in [0.15, 0.2) is 0 Å². The molecule has 1 amide bonds. The largest absolute Gasteiger partial charge is 0.397 e. The molecule has 0 aliphatic carbocycles. The van der Waals surface area contributed by atoms with E-state index in [1.807, 2.05) is 48.5 Å². The second-order valence-corrected chi connectivity index (χ2v) is 4.78. The zero-order valence-electron chi connectivity index (χ0n) is 11.4. The number of fused-ring (bicyclic) bond motifs is 1. The van der Waals surface area contributed by atoms with Gasteiger partial charge >= 0.3 is 0 Å². The van der Waals surface area contributed by atoms with Crippen LogP contribution in [-0.2, 0) is 6.54 Å². The number of nitrogens with two attached hydrogens (primary N) is 1. The highest BCUT2D eigenvalue weighted by molar-refractivity contribution is 5.97. The quantitative estimate of drug-likeness (QED) is 0.723. The minimum absolute atomic E-state index is 0.205. The lowest BCUT2D eigenvalue weighted by Gasteiger charge is -2.07. The first-order valence-corrected chi connectivity index (χ1v) is 6.71. The summed E-state index contributed by atoms with van der Waals surface area (Å²) in [6.45, 7) is 0.476. The molecule has 3 aromatic rings. The molecule has 0 aliphatic rings. The molecule has 0 radical (unpaired) electrons. The van der Waals surface area contributed by atoms with Gasteiger partial charge in [0, 0.05) is 11.9 Å². The highest BCUT2D eigenvalue weighted by Gasteiger charge is 2.09. The topological polar surface area (TPSA) is 68.0 Å². The Bertz CT molecular complexity index is 784. The number of anilines is 1. The molecule has 0 saturated heterocycles. The molecule has 1 aromatic heterocycles. The summed E-state index contributed by atoms with van der Waals surface area (Å²) in [5.74, 6) is -0.205. The van der Waals surface area contributed by atoms with Gasteiger partial charge < -0.3 is 11.1 Å². The number of amides is 1. The van der Waals surface area contributed by atoms with Gasteiger partial charge in [0.05, 0.1) is 11.2 Å². The lowest BCUT2D eigenvalue weighted by molar-refractivity contribution is 0.0946. The number of carbonyl (C=O) groups excluding carboxylic acids is 1. The van der Waals surface area contributed by atoms with E-state index in [4.69, 9.17) is 5.73 Å². The first-order valence-electron chi connectivity index (χ1n) is 6.71. The van der Waals surface area contributed by atoms with Crippen LogP contribution in [0.1, 0.15) is 16.1 Å². The Balaban J connectivity index is 1.80. The van der Waals surface area contributed by atoms with E-state index in [1.54, 1.807) is 12.1 Å². The molecule has 0 fully saturated rings. The van der Waals surface area contributed by atoms with Gasteiger partial charge in [0.25, 0.3) is 5.91 Å². The van der Waals surface area contributed by atoms with Gasteiger partial charge in [-0.3, -0.25) is 4.79 Å². The van der Waals surface area contributed by atoms with Crippen LogP contribution in [0.15, 0.2) is 60.7 Å². The van der Waals surface area contributed by atoms with Gasteiger partial charge in [0.2, 0.25) is 0 Å². The van der Waals surface area contributed by atoms with Crippen LogP contribution in [0.5, 0.6) is 0 Å². The maximum Gasteiger partial charge on any atom is 0.270 e. The van der Waals surface area contributed by atoms with E-state index in [0.29, 0.717) is 23.4 Å². The number of benzene rings is 2. The van der Waals surface area contributed by atoms with Crippen LogP contribution in [-0.4, -0.2) is 10.9 Å². The number of nitrogens with one attached hydrogen (secondary N) is 1. The second-order valence-electron chi connectivity index (χ2n) is 4.78. The molecule has 3 N–H and O–H groups in total. The van der Waals surface area contributed by atoms with E-state index in [1.165, 1.54) is 0 Å². The Labute approximate surface area is 122 Å². The molecule has 3 rings (SSSR count). The SMILES string of the molecule is Nc1cccc2ccc(C(=O)NCc3ccccc3)nc12. The zero-order valence-corrected chi connectivity index (χ0v) is 11.4. The van der Waals surface area contributed by atoms with Crippen molar-refractivity contribution in [3.05, 3.63) is 71.9 Å². The average Bonchev–Trinajstić information content (AvgIpc) is 2.54. The monoisotopic (exact) mass is 277 g/mol. The number of carbonyl (C=O) groups is 1. The lowest BCUT2D eigenvalue weighted by Crippen LogP contribution is -2.23. The van der Waals surface area contributed by atoms with Crippen molar-refractivity contribution in [1.82, 2.24) is 10.3 Å². The van der Waals surface area contributed by atoms with Gasteiger partial charge in [-0.1, -0.05) is 48.5 Å². The first kappa shape index (κ1) is 13.1. The van der Waals surface area contributed by atoms with E-state index in [-0.39, 0.29) is 5.91 Å². The average molecular weight is 277 g/mol. The van der Waals surface area contributed by atoms with Crippen molar-refractivity contribution in [2.45, 2.75) is 6.54 Å². The summed E-state index contributed by atoms with van der Waals surface area (Å²) >= 11 is 0. The van der Waals surface area contributed by atoms with Crippen molar-refractivity contribution < 1.29 is 4.79 Å². The van der Waals surface area contributed by atoms with Crippen LogP contribution in [0, 0.1) is 0 Å². The maximum absolute atomic E-state index is 12.2. The lowest BCUT2D eigenvalue weighted by atomic mass is 10.1. The molecule has 0 unspecified atom stereocenters. The smallest absolute Gasteiger partial charge is 0.270 e. The van der Waals surface area contributed by atoms with Gasteiger partial charge in [-0.15, -0.1) is 0 Å². The molecule has 0 spiro atoms. The van der Waals surface area contributed by atoms with Crippen LogP contribution in [0.25, 0.3) is 10.9 Å². The molecule has 2 aromatic carbocycles. The predicted molar refractivity (Wildman–Crippen MR) is 83.8 cm³/mol. The van der Waals surface area contributed by atoms with Gasteiger partial charge in [-0.2, -0.15) is 0 Å². The van der Waals surface area contributed by atoms with Crippen LogP contribution >= 0.6 is 0 Å². The molecule has 0 saturated carbocycles.